The molecule has 0 radical (unpaired) electrons. The Morgan fingerprint density at radius 1 is 0.972 bits per heavy atom. The molecule has 0 aliphatic heterocycles. The van der Waals surface area contributed by atoms with Crippen molar-refractivity contribution in [1.29, 1.82) is 0 Å². The maximum Gasteiger partial charge on any atom is 0.416 e. The second-order valence-corrected chi connectivity index (χ2v) is 8.01. The van der Waals surface area contributed by atoms with Crippen LogP contribution in [0.15, 0.2) is 65.8 Å². The molecule has 3 aromatic rings. The van der Waals surface area contributed by atoms with Crippen LogP contribution in [0.4, 0.5) is 18.9 Å². The van der Waals surface area contributed by atoms with E-state index in [4.69, 9.17) is 32.7 Å². The van der Waals surface area contributed by atoms with Gasteiger partial charge in [-0.05, 0) is 60.2 Å². The summed E-state index contributed by atoms with van der Waals surface area (Å²) in [7, 11) is 1.45. The van der Waals surface area contributed by atoms with Gasteiger partial charge < -0.3 is 14.8 Å². The number of hydrogen-bond donors (Lipinski definition) is 2. The number of methoxy groups -OCH3 is 1. The van der Waals surface area contributed by atoms with Crippen LogP contribution in [0.1, 0.15) is 16.7 Å². The van der Waals surface area contributed by atoms with Gasteiger partial charge in [0.1, 0.15) is 6.61 Å². The van der Waals surface area contributed by atoms with Crippen LogP contribution in [0.2, 0.25) is 10.0 Å². The van der Waals surface area contributed by atoms with Gasteiger partial charge in [0.05, 0.1) is 18.9 Å². The van der Waals surface area contributed by atoms with Crippen molar-refractivity contribution in [3.63, 3.8) is 0 Å². The summed E-state index contributed by atoms with van der Waals surface area (Å²) in [6.07, 6.45) is -3.24. The minimum atomic E-state index is -4.51. The molecule has 0 aliphatic rings. The second-order valence-electron chi connectivity index (χ2n) is 7.16. The molecule has 0 heterocycles. The van der Waals surface area contributed by atoms with E-state index in [1.165, 1.54) is 13.3 Å². The van der Waals surface area contributed by atoms with Crippen molar-refractivity contribution in [3.05, 3.63) is 87.4 Å². The van der Waals surface area contributed by atoms with E-state index in [1.54, 1.807) is 36.4 Å². The Hall–Kier alpha value is -3.76. The largest absolute Gasteiger partial charge is 0.493 e. The van der Waals surface area contributed by atoms with Crippen LogP contribution in [0, 0.1) is 0 Å². The third-order valence-electron chi connectivity index (χ3n) is 4.64. The Balaban J connectivity index is 1.56. The third-order valence-corrected chi connectivity index (χ3v) is 5.23. The van der Waals surface area contributed by atoms with E-state index >= 15 is 0 Å². The summed E-state index contributed by atoms with van der Waals surface area (Å²) in [5, 5.41) is 6.86. The Morgan fingerprint density at radius 3 is 2.33 bits per heavy atom. The lowest BCUT2D eigenvalue weighted by atomic mass is 10.2. The number of nitrogens with one attached hydrogen (secondary N) is 2. The van der Waals surface area contributed by atoms with Crippen molar-refractivity contribution >= 4 is 46.9 Å². The Bertz CT molecular complexity index is 1280. The first-order valence-corrected chi connectivity index (χ1v) is 10.9. The lowest BCUT2D eigenvalue weighted by Gasteiger charge is -2.12. The first-order chi connectivity index (χ1) is 17.1. The molecule has 0 spiro atoms. The highest BCUT2D eigenvalue weighted by molar-refractivity contribution is 6.39. The quantitative estimate of drug-likeness (QED) is 0.229. The molecule has 0 saturated heterocycles. The van der Waals surface area contributed by atoms with Crippen LogP contribution >= 0.6 is 23.2 Å². The minimum Gasteiger partial charge on any atom is -0.493 e. The van der Waals surface area contributed by atoms with Crippen LogP contribution in [0.5, 0.6) is 11.5 Å². The lowest BCUT2D eigenvalue weighted by molar-refractivity contribution is -0.137. The maximum atomic E-state index is 12.6. The Labute approximate surface area is 213 Å². The fourth-order valence-corrected chi connectivity index (χ4v) is 3.29. The van der Waals surface area contributed by atoms with E-state index in [0.29, 0.717) is 27.1 Å². The van der Waals surface area contributed by atoms with Gasteiger partial charge in [-0.25, -0.2) is 5.43 Å². The Morgan fingerprint density at radius 2 is 1.69 bits per heavy atom. The van der Waals surface area contributed by atoms with Gasteiger partial charge >= 0.3 is 18.0 Å². The zero-order valence-corrected chi connectivity index (χ0v) is 20.0. The molecule has 0 fully saturated rings. The van der Waals surface area contributed by atoms with Crippen molar-refractivity contribution in [2.45, 2.75) is 12.8 Å². The van der Waals surface area contributed by atoms with E-state index in [2.05, 4.69) is 10.4 Å². The molecule has 3 aromatic carbocycles. The van der Waals surface area contributed by atoms with Gasteiger partial charge in [-0.1, -0.05) is 29.3 Å². The van der Waals surface area contributed by atoms with Crippen molar-refractivity contribution in [3.8, 4) is 11.5 Å². The number of hydrogen-bond acceptors (Lipinski definition) is 5. The molecule has 36 heavy (non-hydrogen) atoms. The predicted molar refractivity (Wildman–Crippen MR) is 130 cm³/mol. The fraction of sp³-hybridized carbons (Fsp3) is 0.125. The molecule has 0 unspecified atom stereocenters. The molecule has 2 N–H and O–H groups in total. The molecule has 0 aromatic heterocycles. The van der Waals surface area contributed by atoms with E-state index in [1.807, 2.05) is 5.43 Å². The summed E-state index contributed by atoms with van der Waals surface area (Å²) < 4.78 is 48.9. The highest BCUT2D eigenvalue weighted by Crippen LogP contribution is 2.31. The van der Waals surface area contributed by atoms with Crippen LogP contribution in [-0.2, 0) is 22.4 Å². The number of anilines is 1. The van der Waals surface area contributed by atoms with E-state index in [0.717, 1.165) is 29.8 Å². The third kappa shape index (κ3) is 7.37. The summed E-state index contributed by atoms with van der Waals surface area (Å²) in [6.45, 7) is 0.171. The Kier molecular flexibility index (Phi) is 8.78. The van der Waals surface area contributed by atoms with Crippen LogP contribution in [0.3, 0.4) is 0 Å². The molecule has 12 heteroatoms. The molecule has 0 saturated carbocycles. The highest BCUT2D eigenvalue weighted by atomic mass is 35.5. The molecule has 2 amide bonds. The van der Waals surface area contributed by atoms with Crippen LogP contribution in [-0.4, -0.2) is 25.1 Å². The standard InChI is InChI=1S/C24H18Cl2F3N3O4/c1-35-21-10-14(2-9-20(21)36-13-15-3-6-17(25)11-19(15)26)12-30-32-23(34)22(33)31-18-7-4-16(5-8-18)24(27,28)29/h2-12H,13H2,1H3,(H,31,33)(H,32,34)/b30-12+. The summed E-state index contributed by atoms with van der Waals surface area (Å²) in [6, 6.07) is 13.6. The highest BCUT2D eigenvalue weighted by Gasteiger charge is 2.30. The van der Waals surface area contributed by atoms with Gasteiger partial charge in [0.15, 0.2) is 11.5 Å². The molecule has 3 rings (SSSR count). The molecule has 0 aliphatic carbocycles. The molecular formula is C24H18Cl2F3N3O4. The first-order valence-electron chi connectivity index (χ1n) is 10.1. The monoisotopic (exact) mass is 539 g/mol. The SMILES string of the molecule is COc1cc(/C=N/NC(=O)C(=O)Nc2ccc(C(F)(F)F)cc2)ccc1OCc1ccc(Cl)cc1Cl. The van der Waals surface area contributed by atoms with Crippen molar-refractivity contribution in [2.24, 2.45) is 5.10 Å². The average molecular weight is 540 g/mol. The molecular weight excluding hydrogens is 522 g/mol. The lowest BCUT2D eigenvalue weighted by Crippen LogP contribution is -2.32. The van der Waals surface area contributed by atoms with Gasteiger partial charge in [0, 0.05) is 21.3 Å². The van der Waals surface area contributed by atoms with Gasteiger partial charge in [-0.15, -0.1) is 0 Å². The van der Waals surface area contributed by atoms with Crippen molar-refractivity contribution in [2.75, 3.05) is 12.4 Å². The molecule has 0 bridgehead atoms. The number of alkyl halides is 3. The van der Waals surface area contributed by atoms with Crippen LogP contribution in [0.25, 0.3) is 0 Å². The van der Waals surface area contributed by atoms with Gasteiger partial charge in [-0.2, -0.15) is 18.3 Å². The molecule has 7 nitrogen and oxygen atoms in total. The normalized spacial score (nSPS) is 11.3. The number of nitrogens with zero attached hydrogens (tertiary/aromatic N) is 1. The number of carbonyl (C=O) groups is 2. The number of carbonyl (C=O) groups excluding carboxylic acids is 2. The van der Waals surface area contributed by atoms with E-state index in [9.17, 15) is 22.8 Å². The van der Waals surface area contributed by atoms with Gasteiger partial charge in [-0.3, -0.25) is 9.59 Å². The zero-order valence-electron chi connectivity index (χ0n) is 18.5. The second kappa shape index (κ2) is 11.8. The minimum absolute atomic E-state index is 0.0207. The number of halogens is 5. The molecule has 188 valence electrons. The van der Waals surface area contributed by atoms with Gasteiger partial charge in [0.25, 0.3) is 0 Å². The summed E-state index contributed by atoms with van der Waals surface area (Å²) >= 11 is 12.0. The smallest absolute Gasteiger partial charge is 0.416 e. The van der Waals surface area contributed by atoms with Crippen LogP contribution < -0.4 is 20.2 Å². The summed E-state index contributed by atoms with van der Waals surface area (Å²) in [5.74, 6) is -1.40. The topological polar surface area (TPSA) is 89.0 Å². The average Bonchev–Trinajstić information content (AvgIpc) is 2.83. The number of ether oxygens (including phenoxy) is 2. The van der Waals surface area contributed by atoms with Crippen molar-refractivity contribution < 1.29 is 32.2 Å². The van der Waals surface area contributed by atoms with E-state index < -0.39 is 23.6 Å². The van der Waals surface area contributed by atoms with Crippen molar-refractivity contribution in [1.82, 2.24) is 5.43 Å². The maximum absolute atomic E-state index is 12.6. The fourth-order valence-electron chi connectivity index (χ4n) is 2.82. The van der Waals surface area contributed by atoms with Gasteiger partial charge in [0.2, 0.25) is 0 Å². The number of rotatable bonds is 7. The zero-order chi connectivity index (χ0) is 26.3. The summed E-state index contributed by atoms with van der Waals surface area (Å²) in [5.41, 5.74) is 2.43. The number of benzene rings is 3. The molecule has 0 atom stereocenters. The van der Waals surface area contributed by atoms with E-state index in [-0.39, 0.29) is 12.3 Å². The number of hydrazone groups is 1. The number of amides is 2. The first kappa shape index (κ1) is 26.8. The summed E-state index contributed by atoms with van der Waals surface area (Å²) in [4.78, 5) is 23.9. The predicted octanol–water partition coefficient (Wildman–Crippen LogP) is 5.69.